The second kappa shape index (κ2) is 7.46. The lowest BCUT2D eigenvalue weighted by molar-refractivity contribution is 0.0950. The van der Waals surface area contributed by atoms with Crippen molar-refractivity contribution in [1.29, 1.82) is 0 Å². The van der Waals surface area contributed by atoms with Crippen LogP contribution in [-0.4, -0.2) is 24.5 Å². The van der Waals surface area contributed by atoms with E-state index < -0.39 is 0 Å². The topological polar surface area (TPSA) is 64.4 Å². The minimum absolute atomic E-state index is 0.245. The molecule has 3 rings (SSSR count). The van der Waals surface area contributed by atoms with Crippen LogP contribution >= 0.6 is 0 Å². The van der Waals surface area contributed by atoms with Gasteiger partial charge >= 0.3 is 0 Å². The first-order valence-corrected chi connectivity index (χ1v) is 7.68. The van der Waals surface area contributed by atoms with Crippen LogP contribution < -0.4 is 10.1 Å². The van der Waals surface area contributed by atoms with Gasteiger partial charge in [0.15, 0.2) is 17.8 Å². The molecule has 122 valence electrons. The largest absolute Gasteiger partial charge is 0.497 e. The highest BCUT2D eigenvalue weighted by atomic mass is 16.5. The van der Waals surface area contributed by atoms with Gasteiger partial charge in [0.25, 0.3) is 5.91 Å². The van der Waals surface area contributed by atoms with Gasteiger partial charge < -0.3 is 14.5 Å². The maximum Gasteiger partial charge on any atom is 0.273 e. The van der Waals surface area contributed by atoms with Gasteiger partial charge in [0, 0.05) is 12.1 Å². The Labute approximate surface area is 140 Å². The van der Waals surface area contributed by atoms with Crippen molar-refractivity contribution in [2.75, 3.05) is 13.7 Å². The number of carbonyl (C=O) groups excluding carboxylic acids is 1. The molecule has 0 unspecified atom stereocenters. The highest BCUT2D eigenvalue weighted by Gasteiger charge is 2.17. The Balaban J connectivity index is 1.66. The summed E-state index contributed by atoms with van der Waals surface area (Å²) < 4.78 is 10.5. The molecule has 0 saturated heterocycles. The van der Waals surface area contributed by atoms with Crippen LogP contribution in [0, 0.1) is 0 Å². The van der Waals surface area contributed by atoms with Gasteiger partial charge in [-0.15, -0.1) is 0 Å². The summed E-state index contributed by atoms with van der Waals surface area (Å²) in [4.78, 5) is 16.4. The lowest BCUT2D eigenvalue weighted by atomic mass is 10.1. The fraction of sp³-hybridized carbons (Fsp3) is 0.158. The first-order valence-electron chi connectivity index (χ1n) is 7.68. The van der Waals surface area contributed by atoms with Crippen LogP contribution in [0.25, 0.3) is 11.3 Å². The van der Waals surface area contributed by atoms with Crippen molar-refractivity contribution in [3.05, 3.63) is 72.2 Å². The van der Waals surface area contributed by atoms with Gasteiger partial charge in [0.1, 0.15) is 5.75 Å². The van der Waals surface area contributed by atoms with Crippen molar-refractivity contribution in [3.63, 3.8) is 0 Å². The Morgan fingerprint density at radius 1 is 1.12 bits per heavy atom. The molecule has 1 aromatic heterocycles. The van der Waals surface area contributed by atoms with Crippen LogP contribution in [0.4, 0.5) is 0 Å². The standard InChI is InChI=1S/C19H18N2O3/c1-23-16-9-7-15(8-10-16)18-17(21-13-24-18)19(22)20-12-11-14-5-3-2-4-6-14/h2-10,13H,11-12H2,1H3,(H,20,22). The van der Waals surface area contributed by atoms with Crippen molar-refractivity contribution in [1.82, 2.24) is 10.3 Å². The molecule has 5 nitrogen and oxygen atoms in total. The fourth-order valence-electron chi connectivity index (χ4n) is 2.40. The molecule has 2 aromatic carbocycles. The van der Waals surface area contributed by atoms with Gasteiger partial charge in [0.05, 0.1) is 7.11 Å². The van der Waals surface area contributed by atoms with E-state index in [1.54, 1.807) is 7.11 Å². The SMILES string of the molecule is COc1ccc(-c2ocnc2C(=O)NCCc2ccccc2)cc1. The Morgan fingerprint density at radius 2 is 1.88 bits per heavy atom. The zero-order valence-corrected chi connectivity index (χ0v) is 13.4. The number of methoxy groups -OCH3 is 1. The number of benzene rings is 2. The molecule has 1 heterocycles. The summed E-state index contributed by atoms with van der Waals surface area (Å²) >= 11 is 0. The van der Waals surface area contributed by atoms with Gasteiger partial charge in [-0.3, -0.25) is 4.79 Å². The molecule has 0 aliphatic rings. The van der Waals surface area contributed by atoms with Crippen LogP contribution in [0.15, 0.2) is 65.4 Å². The lowest BCUT2D eigenvalue weighted by Crippen LogP contribution is -2.26. The predicted molar refractivity (Wildman–Crippen MR) is 91.0 cm³/mol. The molecule has 5 heteroatoms. The van der Waals surface area contributed by atoms with E-state index in [9.17, 15) is 4.79 Å². The molecule has 1 N–H and O–H groups in total. The Bertz CT molecular complexity index is 795. The number of ether oxygens (including phenoxy) is 1. The third kappa shape index (κ3) is 3.63. The number of nitrogens with zero attached hydrogens (tertiary/aromatic N) is 1. The fourth-order valence-corrected chi connectivity index (χ4v) is 2.40. The van der Waals surface area contributed by atoms with E-state index in [0.29, 0.717) is 12.3 Å². The Hall–Kier alpha value is -3.08. The van der Waals surface area contributed by atoms with E-state index in [2.05, 4.69) is 10.3 Å². The van der Waals surface area contributed by atoms with Crippen molar-refractivity contribution in [2.24, 2.45) is 0 Å². The molecule has 0 spiro atoms. The van der Waals surface area contributed by atoms with E-state index in [1.165, 1.54) is 12.0 Å². The maximum atomic E-state index is 12.4. The maximum absolute atomic E-state index is 12.4. The Morgan fingerprint density at radius 3 is 2.58 bits per heavy atom. The van der Waals surface area contributed by atoms with Crippen LogP contribution in [0.3, 0.4) is 0 Å². The normalized spacial score (nSPS) is 10.4. The molecule has 3 aromatic rings. The third-order valence-corrected chi connectivity index (χ3v) is 3.68. The number of hydrogen-bond acceptors (Lipinski definition) is 4. The molecular weight excluding hydrogens is 304 g/mol. The zero-order valence-electron chi connectivity index (χ0n) is 13.4. The molecule has 0 aliphatic heterocycles. The summed E-state index contributed by atoms with van der Waals surface area (Å²) in [6, 6.07) is 17.3. The second-order valence-electron chi connectivity index (χ2n) is 5.25. The number of aromatic nitrogens is 1. The molecule has 1 amide bonds. The highest BCUT2D eigenvalue weighted by molar-refractivity contribution is 5.97. The van der Waals surface area contributed by atoms with Crippen molar-refractivity contribution < 1.29 is 13.9 Å². The molecule has 0 aliphatic carbocycles. The van der Waals surface area contributed by atoms with Gasteiger partial charge in [0.2, 0.25) is 0 Å². The number of nitrogens with one attached hydrogen (secondary N) is 1. The monoisotopic (exact) mass is 322 g/mol. The van der Waals surface area contributed by atoms with E-state index in [4.69, 9.17) is 9.15 Å². The number of amides is 1. The second-order valence-corrected chi connectivity index (χ2v) is 5.25. The van der Waals surface area contributed by atoms with E-state index in [0.717, 1.165) is 17.7 Å². The number of carbonyl (C=O) groups is 1. The molecular formula is C19H18N2O3. The third-order valence-electron chi connectivity index (χ3n) is 3.68. The van der Waals surface area contributed by atoms with Gasteiger partial charge in [-0.1, -0.05) is 30.3 Å². The van der Waals surface area contributed by atoms with E-state index >= 15 is 0 Å². The summed E-state index contributed by atoms with van der Waals surface area (Å²) in [6.07, 6.45) is 2.05. The zero-order chi connectivity index (χ0) is 16.8. The van der Waals surface area contributed by atoms with Crippen LogP contribution in [0.1, 0.15) is 16.1 Å². The summed E-state index contributed by atoms with van der Waals surface area (Å²) in [7, 11) is 1.61. The molecule has 0 saturated carbocycles. The molecule has 0 radical (unpaired) electrons. The Kier molecular flexibility index (Phi) is 4.91. The first-order chi connectivity index (χ1) is 11.8. The van der Waals surface area contributed by atoms with Gasteiger partial charge in [-0.25, -0.2) is 4.98 Å². The molecule has 0 fully saturated rings. The van der Waals surface area contributed by atoms with Crippen molar-refractivity contribution in [2.45, 2.75) is 6.42 Å². The average Bonchev–Trinajstić information content (AvgIpc) is 3.12. The molecule has 24 heavy (non-hydrogen) atoms. The number of hydrogen-bond donors (Lipinski definition) is 1. The summed E-state index contributed by atoms with van der Waals surface area (Å²) in [5.41, 5.74) is 2.24. The highest BCUT2D eigenvalue weighted by Crippen LogP contribution is 2.25. The van der Waals surface area contributed by atoms with E-state index in [1.807, 2.05) is 54.6 Å². The number of oxazole rings is 1. The van der Waals surface area contributed by atoms with Crippen LogP contribution in [0.2, 0.25) is 0 Å². The molecule has 0 bridgehead atoms. The quantitative estimate of drug-likeness (QED) is 0.756. The average molecular weight is 322 g/mol. The predicted octanol–water partition coefficient (Wildman–Crippen LogP) is 3.32. The van der Waals surface area contributed by atoms with Crippen molar-refractivity contribution >= 4 is 5.91 Å². The summed E-state index contributed by atoms with van der Waals surface area (Å²) in [5.74, 6) is 0.951. The minimum atomic E-state index is -0.245. The summed E-state index contributed by atoms with van der Waals surface area (Å²) in [5, 5.41) is 2.88. The van der Waals surface area contributed by atoms with Crippen molar-refractivity contribution in [3.8, 4) is 17.1 Å². The van der Waals surface area contributed by atoms with Gasteiger partial charge in [-0.2, -0.15) is 0 Å². The first kappa shape index (κ1) is 15.8. The van der Waals surface area contributed by atoms with Gasteiger partial charge in [-0.05, 0) is 36.2 Å². The number of rotatable bonds is 6. The minimum Gasteiger partial charge on any atom is -0.497 e. The van der Waals surface area contributed by atoms with Crippen LogP contribution in [-0.2, 0) is 6.42 Å². The van der Waals surface area contributed by atoms with E-state index in [-0.39, 0.29) is 11.6 Å². The van der Waals surface area contributed by atoms with Crippen LogP contribution in [0.5, 0.6) is 5.75 Å². The smallest absolute Gasteiger partial charge is 0.273 e. The lowest BCUT2D eigenvalue weighted by Gasteiger charge is -2.05. The summed E-state index contributed by atoms with van der Waals surface area (Å²) in [6.45, 7) is 0.539. The molecule has 0 atom stereocenters.